The molecule has 0 aromatic heterocycles. The van der Waals surface area contributed by atoms with Crippen LogP contribution >= 0.6 is 0 Å². The van der Waals surface area contributed by atoms with Crippen molar-refractivity contribution in [3.63, 3.8) is 0 Å². The third-order valence-corrected chi connectivity index (χ3v) is 6.36. The van der Waals surface area contributed by atoms with Gasteiger partial charge >= 0.3 is 12.2 Å². The van der Waals surface area contributed by atoms with Crippen molar-refractivity contribution in [1.82, 2.24) is 9.80 Å². The Balaban J connectivity index is 0.000000167. The molecule has 7 nitrogen and oxygen atoms in total. The van der Waals surface area contributed by atoms with Gasteiger partial charge in [-0.3, -0.25) is 9.80 Å². The first kappa shape index (κ1) is 20.5. The topological polar surface area (TPSA) is 87.2 Å². The lowest BCUT2D eigenvalue weighted by Crippen LogP contribution is -2.46. The van der Waals surface area contributed by atoms with Crippen LogP contribution in [0, 0.1) is 24.2 Å². The molecule has 2 unspecified atom stereocenters. The Morgan fingerprint density at radius 3 is 2.14 bits per heavy atom. The Morgan fingerprint density at radius 1 is 1.07 bits per heavy atom. The van der Waals surface area contributed by atoms with Crippen LogP contribution in [0.5, 0.6) is 0 Å². The smallest absolute Gasteiger partial charge is 0.411 e. The average Bonchev–Trinajstić information content (AvgIpc) is 3.38. The van der Waals surface area contributed by atoms with Crippen LogP contribution in [0.4, 0.5) is 9.59 Å². The fourth-order valence-electron chi connectivity index (χ4n) is 5.26. The van der Waals surface area contributed by atoms with Gasteiger partial charge in [-0.1, -0.05) is 5.92 Å². The largest absolute Gasteiger partial charge is 0.465 e. The first-order valence-corrected chi connectivity index (χ1v) is 10.1. The number of amides is 2. The second kappa shape index (κ2) is 7.65. The molecule has 2 aliphatic carbocycles. The summed E-state index contributed by atoms with van der Waals surface area (Å²) in [5.41, 5.74) is -0.446. The monoisotopic (exact) mass is 390 g/mol. The molecule has 0 aromatic carbocycles. The van der Waals surface area contributed by atoms with E-state index < -0.39 is 11.7 Å². The van der Waals surface area contributed by atoms with Crippen LogP contribution in [-0.2, 0) is 9.53 Å². The number of aldehydes is 1. The predicted molar refractivity (Wildman–Crippen MR) is 103 cm³/mol. The highest BCUT2D eigenvalue weighted by Gasteiger charge is 2.49. The van der Waals surface area contributed by atoms with Crippen LogP contribution in [0.3, 0.4) is 0 Å². The molecule has 2 heterocycles. The van der Waals surface area contributed by atoms with Crippen LogP contribution in [0.15, 0.2) is 0 Å². The minimum atomic E-state index is -0.945. The van der Waals surface area contributed by atoms with Crippen LogP contribution in [0.25, 0.3) is 0 Å². The molecule has 154 valence electrons. The second-order valence-corrected chi connectivity index (χ2v) is 9.27. The maximum atomic E-state index is 12.0. The number of nitrogens with zero attached hydrogens (tertiary/aromatic N) is 2. The van der Waals surface area contributed by atoms with Gasteiger partial charge in [-0.25, -0.2) is 9.59 Å². The Morgan fingerprint density at radius 2 is 1.64 bits per heavy atom. The van der Waals surface area contributed by atoms with Crippen LogP contribution in [0.1, 0.15) is 59.3 Å². The lowest BCUT2D eigenvalue weighted by atomic mass is 10.00. The van der Waals surface area contributed by atoms with E-state index in [9.17, 15) is 14.4 Å². The first-order valence-electron chi connectivity index (χ1n) is 10.1. The summed E-state index contributed by atoms with van der Waals surface area (Å²) < 4.78 is 5.40. The SMILES string of the molecule is C#C[C@H]1[C@@H]2CC[C@@H](C2)N1C(=O)OC(C)(C)C.O=CC1C2CC[C@H](C2)N1C(=O)O. The zero-order valence-electron chi connectivity index (χ0n) is 16.8. The molecule has 7 heteroatoms. The van der Waals surface area contributed by atoms with Gasteiger partial charge in [0.1, 0.15) is 11.9 Å². The molecule has 1 N–H and O–H groups in total. The molecule has 0 radical (unpaired) electrons. The number of terminal acetylenes is 1. The minimum Gasteiger partial charge on any atom is -0.465 e. The Hall–Kier alpha value is -2.23. The number of carbonyl (C=O) groups excluding carboxylic acids is 2. The summed E-state index contributed by atoms with van der Waals surface area (Å²) in [4.78, 5) is 36.5. The standard InChI is InChI=1S/C13H19NO2.C8H11NO3/c1-5-11-9-6-7-10(8-9)14(11)12(15)16-13(2,3)4;10-4-7-5-1-2-6(3-5)9(7)8(11)12/h1,9-11H,6-8H2,2-4H3;4-7H,1-3H2,(H,11,12)/t9-,10+,11+;5?,6-,7?/m11/s1. The highest BCUT2D eigenvalue weighted by molar-refractivity contribution is 5.74. The zero-order valence-corrected chi connectivity index (χ0v) is 16.8. The van der Waals surface area contributed by atoms with Gasteiger partial charge in [-0.05, 0) is 71.1 Å². The number of fused-ring (bicyclic) bond motifs is 4. The number of carboxylic acid groups (broad SMARTS) is 1. The zero-order chi connectivity index (χ0) is 20.6. The Kier molecular flexibility index (Phi) is 5.60. The van der Waals surface area contributed by atoms with Gasteiger partial charge in [-0.2, -0.15) is 0 Å². The fourth-order valence-corrected chi connectivity index (χ4v) is 5.26. The maximum Gasteiger partial charge on any atom is 0.411 e. The second-order valence-electron chi connectivity index (χ2n) is 9.27. The lowest BCUT2D eigenvalue weighted by Gasteiger charge is -2.33. The van der Waals surface area contributed by atoms with Gasteiger partial charge in [0.15, 0.2) is 0 Å². The molecular weight excluding hydrogens is 360 g/mol. The molecular formula is C21H30N2O5. The summed E-state index contributed by atoms with van der Waals surface area (Å²) in [6, 6.07) is 0.0125. The van der Waals surface area contributed by atoms with Crippen LogP contribution in [0.2, 0.25) is 0 Å². The third-order valence-electron chi connectivity index (χ3n) is 6.36. The number of hydrogen-bond acceptors (Lipinski definition) is 4. The van der Waals surface area contributed by atoms with E-state index in [2.05, 4.69) is 5.92 Å². The molecule has 4 fully saturated rings. The maximum absolute atomic E-state index is 12.0. The summed E-state index contributed by atoms with van der Waals surface area (Å²) in [7, 11) is 0. The predicted octanol–water partition coefficient (Wildman–Crippen LogP) is 3.12. The molecule has 2 saturated heterocycles. The highest BCUT2D eigenvalue weighted by atomic mass is 16.6. The Labute approximate surface area is 166 Å². The van der Waals surface area contributed by atoms with E-state index >= 15 is 0 Å². The fraction of sp³-hybridized carbons (Fsp3) is 0.762. The summed E-state index contributed by atoms with van der Waals surface area (Å²) in [5, 5.41) is 8.80. The van der Waals surface area contributed by atoms with Crippen molar-refractivity contribution in [1.29, 1.82) is 0 Å². The van der Waals surface area contributed by atoms with E-state index in [0.717, 1.165) is 44.8 Å². The van der Waals surface area contributed by atoms with E-state index in [4.69, 9.17) is 16.3 Å². The Bertz CT molecular complexity index is 679. The number of rotatable bonds is 1. The lowest BCUT2D eigenvalue weighted by molar-refractivity contribution is -0.113. The van der Waals surface area contributed by atoms with Gasteiger partial charge in [0, 0.05) is 12.1 Å². The van der Waals surface area contributed by atoms with Crippen LogP contribution < -0.4 is 0 Å². The van der Waals surface area contributed by atoms with Crippen molar-refractivity contribution >= 4 is 18.5 Å². The van der Waals surface area contributed by atoms with Crippen molar-refractivity contribution in [2.45, 2.75) is 89.1 Å². The van der Waals surface area contributed by atoms with Gasteiger partial charge in [0.2, 0.25) is 0 Å². The molecule has 4 rings (SSSR count). The molecule has 2 aliphatic heterocycles. The summed E-state index contributed by atoms with van der Waals surface area (Å²) in [6.07, 6.45) is 11.2. The molecule has 28 heavy (non-hydrogen) atoms. The van der Waals surface area contributed by atoms with Gasteiger partial charge in [0.05, 0.1) is 12.1 Å². The van der Waals surface area contributed by atoms with Crippen molar-refractivity contribution in [2.75, 3.05) is 0 Å². The number of ether oxygens (including phenoxy) is 1. The van der Waals surface area contributed by atoms with E-state index in [1.54, 1.807) is 4.90 Å². The van der Waals surface area contributed by atoms with Gasteiger partial charge in [0.25, 0.3) is 0 Å². The van der Waals surface area contributed by atoms with E-state index in [0.29, 0.717) is 17.9 Å². The van der Waals surface area contributed by atoms with E-state index in [1.807, 2.05) is 20.8 Å². The normalized spacial score (nSPS) is 35.2. The van der Waals surface area contributed by atoms with Crippen molar-refractivity contribution < 1.29 is 24.2 Å². The van der Waals surface area contributed by atoms with E-state index in [1.165, 1.54) is 4.90 Å². The van der Waals surface area contributed by atoms with Crippen molar-refractivity contribution in [3.05, 3.63) is 0 Å². The summed E-state index contributed by atoms with van der Waals surface area (Å²) >= 11 is 0. The first-order chi connectivity index (χ1) is 13.2. The van der Waals surface area contributed by atoms with E-state index in [-0.39, 0.29) is 24.2 Å². The van der Waals surface area contributed by atoms with Crippen LogP contribution in [-0.4, -0.2) is 63.1 Å². The van der Waals surface area contributed by atoms with Crippen molar-refractivity contribution in [3.8, 4) is 12.3 Å². The van der Waals surface area contributed by atoms with Gasteiger partial charge < -0.3 is 14.6 Å². The quantitative estimate of drug-likeness (QED) is 0.549. The molecule has 2 amide bonds. The molecule has 4 bridgehead atoms. The third kappa shape index (κ3) is 3.82. The highest BCUT2D eigenvalue weighted by Crippen LogP contribution is 2.43. The number of likely N-dealkylation sites (tertiary alicyclic amines) is 2. The molecule has 6 atom stereocenters. The summed E-state index contributed by atoms with van der Waals surface area (Å²) in [5.74, 6) is 3.52. The van der Waals surface area contributed by atoms with Gasteiger partial charge in [-0.15, -0.1) is 6.42 Å². The van der Waals surface area contributed by atoms with Crippen molar-refractivity contribution in [2.24, 2.45) is 11.8 Å². The number of piperidine rings is 2. The average molecular weight is 390 g/mol. The minimum absolute atomic E-state index is 0.0476. The molecule has 0 spiro atoms. The molecule has 2 saturated carbocycles. The summed E-state index contributed by atoms with van der Waals surface area (Å²) in [6.45, 7) is 5.64. The number of carbonyl (C=O) groups is 3. The molecule has 0 aromatic rings. The number of hydrogen-bond donors (Lipinski definition) is 1. The molecule has 4 aliphatic rings.